The lowest BCUT2D eigenvalue weighted by atomic mass is 9.89. The Hall–Kier alpha value is -0.450. The third-order valence-corrected chi connectivity index (χ3v) is 3.73. The first-order chi connectivity index (χ1) is 7.91. The zero-order valence-electron chi connectivity index (χ0n) is 11.2. The molecule has 1 saturated heterocycles. The summed E-state index contributed by atoms with van der Waals surface area (Å²) in [4.78, 5) is 12.1. The number of rotatable bonds is 2. The highest BCUT2D eigenvalue weighted by Gasteiger charge is 2.44. The average molecular weight is 241 g/mol. The van der Waals surface area contributed by atoms with Gasteiger partial charge in [0.25, 0.3) is 0 Å². The number of carbonyl (C=O) groups excluding carboxylic acids is 1. The van der Waals surface area contributed by atoms with E-state index < -0.39 is 6.23 Å². The lowest BCUT2D eigenvalue weighted by Gasteiger charge is -2.29. The second-order valence-electron chi connectivity index (χ2n) is 6.11. The summed E-state index contributed by atoms with van der Waals surface area (Å²) < 4.78 is 11.2. The molecule has 0 aromatic carbocycles. The van der Waals surface area contributed by atoms with E-state index in [1.165, 1.54) is 0 Å². The second kappa shape index (κ2) is 4.67. The van der Waals surface area contributed by atoms with E-state index >= 15 is 0 Å². The first-order valence-corrected chi connectivity index (χ1v) is 6.40. The fourth-order valence-corrected chi connectivity index (χ4v) is 2.60. The lowest BCUT2D eigenvalue weighted by molar-refractivity contribution is -0.139. The molecule has 0 aromatic rings. The van der Waals surface area contributed by atoms with Gasteiger partial charge in [0.2, 0.25) is 0 Å². The van der Waals surface area contributed by atoms with Gasteiger partial charge in [-0.1, -0.05) is 20.8 Å². The Morgan fingerprint density at radius 3 is 2.65 bits per heavy atom. The number of ether oxygens (including phenoxy) is 2. The van der Waals surface area contributed by atoms with Crippen molar-refractivity contribution in [3.8, 4) is 0 Å². The monoisotopic (exact) mass is 241 g/mol. The van der Waals surface area contributed by atoms with Crippen molar-refractivity contribution in [1.29, 1.82) is 0 Å². The van der Waals surface area contributed by atoms with Crippen molar-refractivity contribution in [2.75, 3.05) is 7.11 Å². The quantitative estimate of drug-likeness (QED) is 0.795. The SMILES string of the molecule is COC1CCC2OC(C(=O)C(C)(C)C)NC2C1. The van der Waals surface area contributed by atoms with Gasteiger partial charge < -0.3 is 9.47 Å². The van der Waals surface area contributed by atoms with Crippen molar-refractivity contribution in [3.63, 3.8) is 0 Å². The van der Waals surface area contributed by atoms with Crippen LogP contribution in [0.4, 0.5) is 0 Å². The summed E-state index contributed by atoms with van der Waals surface area (Å²) in [6.45, 7) is 5.79. The van der Waals surface area contributed by atoms with Crippen LogP contribution in [0.15, 0.2) is 0 Å². The van der Waals surface area contributed by atoms with Gasteiger partial charge in [0, 0.05) is 18.6 Å². The second-order valence-corrected chi connectivity index (χ2v) is 6.11. The number of methoxy groups -OCH3 is 1. The molecule has 0 radical (unpaired) electrons. The Morgan fingerprint density at radius 2 is 2.06 bits per heavy atom. The van der Waals surface area contributed by atoms with Crippen molar-refractivity contribution in [3.05, 3.63) is 0 Å². The topological polar surface area (TPSA) is 47.6 Å². The number of fused-ring (bicyclic) bond motifs is 1. The van der Waals surface area contributed by atoms with E-state index in [1.807, 2.05) is 20.8 Å². The molecule has 4 nitrogen and oxygen atoms in total. The van der Waals surface area contributed by atoms with Gasteiger partial charge in [-0.2, -0.15) is 0 Å². The van der Waals surface area contributed by atoms with Crippen molar-refractivity contribution < 1.29 is 14.3 Å². The van der Waals surface area contributed by atoms with Crippen LogP contribution >= 0.6 is 0 Å². The molecule has 4 heteroatoms. The Kier molecular flexibility index (Phi) is 3.57. The van der Waals surface area contributed by atoms with E-state index in [0.29, 0.717) is 6.10 Å². The van der Waals surface area contributed by atoms with Crippen molar-refractivity contribution in [1.82, 2.24) is 5.32 Å². The maximum absolute atomic E-state index is 12.1. The first kappa shape index (κ1) is 13.0. The van der Waals surface area contributed by atoms with Gasteiger partial charge in [0.1, 0.15) is 0 Å². The molecule has 0 bridgehead atoms. The normalized spacial score (nSPS) is 37.9. The van der Waals surface area contributed by atoms with Crippen LogP contribution in [0.25, 0.3) is 0 Å². The minimum atomic E-state index is -0.430. The number of hydrogen-bond donors (Lipinski definition) is 1. The standard InChI is InChI=1S/C13H23NO3/c1-13(2,3)11(15)12-14-9-7-8(16-4)5-6-10(9)17-12/h8-10,12,14H,5-7H2,1-4H3. The van der Waals surface area contributed by atoms with Gasteiger partial charge in [0.15, 0.2) is 12.0 Å². The van der Waals surface area contributed by atoms with Gasteiger partial charge >= 0.3 is 0 Å². The molecule has 17 heavy (non-hydrogen) atoms. The maximum atomic E-state index is 12.1. The fraction of sp³-hybridized carbons (Fsp3) is 0.923. The summed E-state index contributed by atoms with van der Waals surface area (Å²) in [5.74, 6) is 0.140. The van der Waals surface area contributed by atoms with Crippen LogP contribution in [0, 0.1) is 5.41 Å². The molecule has 2 rings (SSSR count). The molecule has 1 saturated carbocycles. The molecular weight excluding hydrogens is 218 g/mol. The van der Waals surface area contributed by atoms with E-state index in [2.05, 4.69) is 5.32 Å². The number of Topliss-reactive ketones (excluding diaryl/α,β-unsaturated/α-hetero) is 1. The molecule has 1 aliphatic heterocycles. The third kappa shape index (κ3) is 2.69. The molecule has 4 unspecified atom stereocenters. The zero-order valence-corrected chi connectivity index (χ0v) is 11.2. The molecule has 4 atom stereocenters. The molecular formula is C13H23NO3. The van der Waals surface area contributed by atoms with Gasteiger partial charge in [0.05, 0.1) is 12.2 Å². The molecule has 0 amide bonds. The molecule has 1 heterocycles. The smallest absolute Gasteiger partial charge is 0.181 e. The molecule has 1 aliphatic carbocycles. The van der Waals surface area contributed by atoms with Gasteiger partial charge in [-0.3, -0.25) is 10.1 Å². The number of ketones is 1. The first-order valence-electron chi connectivity index (χ1n) is 6.40. The summed E-state index contributed by atoms with van der Waals surface area (Å²) in [6.07, 6.45) is 2.99. The van der Waals surface area contributed by atoms with E-state index in [1.54, 1.807) is 7.11 Å². The molecule has 0 spiro atoms. The number of nitrogens with one attached hydrogen (secondary N) is 1. The summed E-state index contributed by atoms with van der Waals surface area (Å²) in [6, 6.07) is 0.269. The van der Waals surface area contributed by atoms with Crippen LogP contribution < -0.4 is 5.32 Å². The Labute approximate surface area is 103 Å². The Bertz CT molecular complexity index is 298. The summed E-state index contributed by atoms with van der Waals surface area (Å²) in [7, 11) is 1.75. The van der Waals surface area contributed by atoms with Gasteiger partial charge in [-0.05, 0) is 19.3 Å². The van der Waals surface area contributed by atoms with Crippen LogP contribution in [0.1, 0.15) is 40.0 Å². The molecule has 98 valence electrons. The number of hydrogen-bond acceptors (Lipinski definition) is 4. The molecule has 1 N–H and O–H groups in total. The van der Waals surface area contributed by atoms with Gasteiger partial charge in [-0.25, -0.2) is 0 Å². The van der Waals surface area contributed by atoms with Crippen LogP contribution in [-0.2, 0) is 14.3 Å². The highest BCUT2D eigenvalue weighted by atomic mass is 16.5. The fourth-order valence-electron chi connectivity index (χ4n) is 2.60. The van der Waals surface area contributed by atoms with Gasteiger partial charge in [-0.15, -0.1) is 0 Å². The average Bonchev–Trinajstić information content (AvgIpc) is 2.68. The molecule has 2 fully saturated rings. The third-order valence-electron chi connectivity index (χ3n) is 3.73. The summed E-state index contributed by atoms with van der Waals surface area (Å²) in [5, 5.41) is 3.31. The lowest BCUT2D eigenvalue weighted by Crippen LogP contribution is -2.44. The van der Waals surface area contributed by atoms with Crippen molar-refractivity contribution >= 4 is 5.78 Å². The predicted octanol–water partition coefficient (Wildman–Crippen LogP) is 1.48. The van der Waals surface area contributed by atoms with E-state index in [4.69, 9.17) is 9.47 Å². The number of carbonyl (C=O) groups is 1. The minimum absolute atomic E-state index is 0.140. The van der Waals surface area contributed by atoms with Crippen LogP contribution in [0.3, 0.4) is 0 Å². The van der Waals surface area contributed by atoms with Crippen molar-refractivity contribution in [2.24, 2.45) is 5.41 Å². The largest absolute Gasteiger partial charge is 0.381 e. The van der Waals surface area contributed by atoms with E-state index in [0.717, 1.165) is 19.3 Å². The summed E-state index contributed by atoms with van der Waals surface area (Å²) >= 11 is 0. The van der Waals surface area contributed by atoms with E-state index in [-0.39, 0.29) is 23.3 Å². The van der Waals surface area contributed by atoms with Crippen molar-refractivity contribution in [2.45, 2.75) is 64.5 Å². The highest BCUT2D eigenvalue weighted by molar-refractivity contribution is 5.87. The zero-order chi connectivity index (χ0) is 12.6. The highest BCUT2D eigenvalue weighted by Crippen LogP contribution is 2.31. The Balaban J connectivity index is 1.97. The predicted molar refractivity (Wildman–Crippen MR) is 64.7 cm³/mol. The maximum Gasteiger partial charge on any atom is 0.181 e. The summed E-state index contributed by atoms with van der Waals surface area (Å²) in [5.41, 5.74) is -0.355. The van der Waals surface area contributed by atoms with E-state index in [9.17, 15) is 4.79 Å². The van der Waals surface area contributed by atoms with Crippen LogP contribution in [0.2, 0.25) is 0 Å². The molecule has 2 aliphatic rings. The Morgan fingerprint density at radius 1 is 1.35 bits per heavy atom. The van der Waals surface area contributed by atoms with Crippen LogP contribution in [0.5, 0.6) is 0 Å². The van der Waals surface area contributed by atoms with Crippen LogP contribution in [-0.4, -0.2) is 37.4 Å². The molecule has 0 aromatic heterocycles. The minimum Gasteiger partial charge on any atom is -0.381 e.